The number of rotatable bonds is 4. The SMILES string of the molecule is COc1ccc(C(=O)c2cc(Br)c(F)cc2OC)cc1Br. The quantitative estimate of drug-likeness (QED) is 0.682. The number of ether oxygens (including phenoxy) is 2. The molecule has 0 bridgehead atoms. The lowest BCUT2D eigenvalue weighted by atomic mass is 10.0. The molecule has 6 heteroatoms. The summed E-state index contributed by atoms with van der Waals surface area (Å²) < 4.78 is 24.6. The summed E-state index contributed by atoms with van der Waals surface area (Å²) in [7, 11) is 2.94. The first-order chi connectivity index (χ1) is 9.97. The fourth-order valence-corrected chi connectivity index (χ4v) is 2.72. The summed E-state index contributed by atoms with van der Waals surface area (Å²) in [6, 6.07) is 7.56. The molecule has 0 aliphatic carbocycles. The second-order valence-electron chi connectivity index (χ2n) is 4.15. The van der Waals surface area contributed by atoms with Crippen molar-refractivity contribution in [2.24, 2.45) is 0 Å². The third-order valence-electron chi connectivity index (χ3n) is 2.90. The van der Waals surface area contributed by atoms with E-state index in [0.717, 1.165) is 0 Å². The molecule has 3 nitrogen and oxygen atoms in total. The van der Waals surface area contributed by atoms with Gasteiger partial charge in [0.15, 0.2) is 5.78 Å². The minimum Gasteiger partial charge on any atom is -0.496 e. The van der Waals surface area contributed by atoms with Crippen molar-refractivity contribution in [3.63, 3.8) is 0 Å². The van der Waals surface area contributed by atoms with E-state index in [0.29, 0.717) is 15.8 Å². The molecule has 0 N–H and O–H groups in total. The van der Waals surface area contributed by atoms with Crippen LogP contribution in [-0.4, -0.2) is 20.0 Å². The predicted molar refractivity (Wildman–Crippen MR) is 84.8 cm³/mol. The molecular weight excluding hydrogens is 407 g/mol. The van der Waals surface area contributed by atoms with Gasteiger partial charge in [-0.05, 0) is 56.1 Å². The molecule has 0 aromatic heterocycles. The van der Waals surface area contributed by atoms with Crippen LogP contribution in [0.15, 0.2) is 39.3 Å². The maximum Gasteiger partial charge on any atom is 0.196 e. The highest BCUT2D eigenvalue weighted by Gasteiger charge is 2.18. The van der Waals surface area contributed by atoms with Crippen LogP contribution in [0, 0.1) is 5.82 Å². The Morgan fingerprint density at radius 3 is 2.24 bits per heavy atom. The van der Waals surface area contributed by atoms with Gasteiger partial charge in [0, 0.05) is 11.6 Å². The van der Waals surface area contributed by atoms with Crippen molar-refractivity contribution in [2.75, 3.05) is 14.2 Å². The summed E-state index contributed by atoms with van der Waals surface area (Å²) in [5.41, 5.74) is 0.724. The molecule has 0 saturated carbocycles. The number of ketones is 1. The summed E-state index contributed by atoms with van der Waals surface area (Å²) in [5, 5.41) is 0. The first-order valence-corrected chi connectivity index (χ1v) is 7.47. The maximum absolute atomic E-state index is 13.5. The second kappa shape index (κ2) is 6.58. The second-order valence-corrected chi connectivity index (χ2v) is 5.85. The average molecular weight is 418 g/mol. The fourth-order valence-electron chi connectivity index (χ4n) is 1.84. The van der Waals surface area contributed by atoms with Crippen molar-refractivity contribution in [1.82, 2.24) is 0 Å². The number of hydrogen-bond donors (Lipinski definition) is 0. The molecule has 2 aromatic carbocycles. The van der Waals surface area contributed by atoms with Crippen LogP contribution in [0.1, 0.15) is 15.9 Å². The Kier molecular flexibility index (Phi) is 5.00. The Morgan fingerprint density at radius 2 is 1.67 bits per heavy atom. The number of halogens is 3. The molecular formula is C15H11Br2FO3. The summed E-state index contributed by atoms with van der Waals surface area (Å²) in [5.74, 6) is 0.0571. The standard InChI is InChI=1S/C15H11Br2FO3/c1-20-13-4-3-8(5-11(13)17)15(19)9-6-10(16)12(18)7-14(9)21-2/h3-7H,1-2H3. The molecule has 0 aliphatic heterocycles. The van der Waals surface area contributed by atoms with Crippen molar-refractivity contribution in [3.8, 4) is 11.5 Å². The van der Waals surface area contributed by atoms with Crippen LogP contribution in [0.5, 0.6) is 11.5 Å². The zero-order valence-electron chi connectivity index (χ0n) is 11.2. The molecule has 2 aromatic rings. The Balaban J connectivity index is 2.49. The first-order valence-electron chi connectivity index (χ1n) is 5.89. The number of hydrogen-bond acceptors (Lipinski definition) is 3. The van der Waals surface area contributed by atoms with Gasteiger partial charge in [-0.2, -0.15) is 0 Å². The van der Waals surface area contributed by atoms with E-state index in [9.17, 15) is 9.18 Å². The minimum absolute atomic E-state index is 0.188. The lowest BCUT2D eigenvalue weighted by Crippen LogP contribution is -2.05. The molecule has 0 spiro atoms. The predicted octanol–water partition coefficient (Wildman–Crippen LogP) is 4.60. The van der Waals surface area contributed by atoms with E-state index in [4.69, 9.17) is 9.47 Å². The van der Waals surface area contributed by atoms with Crippen molar-refractivity contribution >= 4 is 37.6 Å². The van der Waals surface area contributed by atoms with Gasteiger partial charge in [-0.15, -0.1) is 0 Å². The molecule has 0 unspecified atom stereocenters. The summed E-state index contributed by atoms with van der Waals surface area (Å²) in [6.45, 7) is 0. The van der Waals surface area contributed by atoms with Crippen LogP contribution in [0.2, 0.25) is 0 Å². The zero-order valence-corrected chi connectivity index (χ0v) is 14.4. The molecule has 0 heterocycles. The third-order valence-corrected chi connectivity index (χ3v) is 4.13. The Morgan fingerprint density at radius 1 is 1.00 bits per heavy atom. The van der Waals surface area contributed by atoms with E-state index in [1.54, 1.807) is 25.3 Å². The first kappa shape index (κ1) is 16.0. The Labute approximate surface area is 138 Å². The molecule has 2 rings (SSSR count). The lowest BCUT2D eigenvalue weighted by molar-refractivity contribution is 0.103. The van der Waals surface area contributed by atoms with Gasteiger partial charge < -0.3 is 9.47 Å². The largest absolute Gasteiger partial charge is 0.496 e. The van der Waals surface area contributed by atoms with Crippen LogP contribution in [0.3, 0.4) is 0 Å². The third kappa shape index (κ3) is 3.27. The van der Waals surface area contributed by atoms with Gasteiger partial charge in [-0.25, -0.2) is 4.39 Å². The molecule has 0 atom stereocenters. The van der Waals surface area contributed by atoms with E-state index >= 15 is 0 Å². The van der Waals surface area contributed by atoms with Gasteiger partial charge in [0.2, 0.25) is 0 Å². The molecule has 0 radical (unpaired) electrons. The van der Waals surface area contributed by atoms with E-state index in [1.165, 1.54) is 19.2 Å². The number of carbonyl (C=O) groups excluding carboxylic acids is 1. The highest BCUT2D eigenvalue weighted by Crippen LogP contribution is 2.31. The minimum atomic E-state index is -0.487. The van der Waals surface area contributed by atoms with E-state index < -0.39 is 5.82 Å². The number of methoxy groups -OCH3 is 2. The molecule has 21 heavy (non-hydrogen) atoms. The van der Waals surface area contributed by atoms with E-state index in [2.05, 4.69) is 31.9 Å². The normalized spacial score (nSPS) is 10.3. The van der Waals surface area contributed by atoms with Crippen LogP contribution >= 0.6 is 31.9 Å². The Bertz CT molecular complexity index is 702. The van der Waals surface area contributed by atoms with Gasteiger partial charge in [0.25, 0.3) is 0 Å². The van der Waals surface area contributed by atoms with Gasteiger partial charge >= 0.3 is 0 Å². The highest BCUT2D eigenvalue weighted by atomic mass is 79.9. The fraction of sp³-hybridized carbons (Fsp3) is 0.133. The van der Waals surface area contributed by atoms with Gasteiger partial charge in [0.1, 0.15) is 17.3 Å². The van der Waals surface area contributed by atoms with Crippen molar-refractivity contribution in [2.45, 2.75) is 0 Å². The maximum atomic E-state index is 13.5. The van der Waals surface area contributed by atoms with Crippen molar-refractivity contribution in [3.05, 3.63) is 56.2 Å². The molecule has 110 valence electrons. The van der Waals surface area contributed by atoms with Gasteiger partial charge in [-0.3, -0.25) is 4.79 Å². The summed E-state index contributed by atoms with van der Waals surface area (Å²) in [4.78, 5) is 12.6. The molecule has 0 saturated heterocycles. The molecule has 0 amide bonds. The topological polar surface area (TPSA) is 35.5 Å². The number of carbonyl (C=O) groups is 1. The van der Waals surface area contributed by atoms with Crippen LogP contribution in [-0.2, 0) is 0 Å². The van der Waals surface area contributed by atoms with Crippen LogP contribution < -0.4 is 9.47 Å². The Hall–Kier alpha value is -1.40. The van der Waals surface area contributed by atoms with E-state index in [1.807, 2.05) is 0 Å². The van der Waals surface area contributed by atoms with Gasteiger partial charge in [-0.1, -0.05) is 0 Å². The van der Waals surface area contributed by atoms with Crippen LogP contribution in [0.25, 0.3) is 0 Å². The lowest BCUT2D eigenvalue weighted by Gasteiger charge is -2.10. The zero-order chi connectivity index (χ0) is 15.6. The monoisotopic (exact) mass is 416 g/mol. The highest BCUT2D eigenvalue weighted by molar-refractivity contribution is 9.10. The summed E-state index contributed by atoms with van der Waals surface area (Å²) in [6.07, 6.45) is 0. The molecule has 0 fully saturated rings. The van der Waals surface area contributed by atoms with Gasteiger partial charge in [0.05, 0.1) is 28.7 Å². The summed E-state index contributed by atoms with van der Waals surface area (Å²) >= 11 is 6.41. The molecule has 0 aliphatic rings. The van der Waals surface area contributed by atoms with Crippen LogP contribution in [0.4, 0.5) is 4.39 Å². The van der Waals surface area contributed by atoms with Crippen molar-refractivity contribution in [1.29, 1.82) is 0 Å². The smallest absolute Gasteiger partial charge is 0.196 e. The van der Waals surface area contributed by atoms with E-state index in [-0.39, 0.29) is 21.6 Å². The average Bonchev–Trinajstić information content (AvgIpc) is 2.48. The number of benzene rings is 2. The van der Waals surface area contributed by atoms with Crippen molar-refractivity contribution < 1.29 is 18.7 Å².